The van der Waals surface area contributed by atoms with Crippen molar-refractivity contribution in [1.29, 1.82) is 0 Å². The van der Waals surface area contributed by atoms with E-state index in [2.05, 4.69) is 31.3 Å². The molecular formula is C13H17NO. The third kappa shape index (κ3) is 1.65. The van der Waals surface area contributed by atoms with Gasteiger partial charge in [0.1, 0.15) is 0 Å². The summed E-state index contributed by atoms with van der Waals surface area (Å²) in [4.78, 5) is 11.8. The normalized spacial score (nSPS) is 24.9. The van der Waals surface area contributed by atoms with E-state index in [1.807, 2.05) is 18.2 Å². The average molecular weight is 203 g/mol. The van der Waals surface area contributed by atoms with Crippen LogP contribution in [0.2, 0.25) is 0 Å². The third-order valence-corrected chi connectivity index (χ3v) is 3.07. The van der Waals surface area contributed by atoms with Gasteiger partial charge in [-0.05, 0) is 17.9 Å². The molecule has 1 atom stereocenters. The first-order chi connectivity index (χ1) is 7.15. The van der Waals surface area contributed by atoms with Gasteiger partial charge < -0.3 is 5.32 Å². The summed E-state index contributed by atoms with van der Waals surface area (Å²) < 4.78 is 0. The van der Waals surface area contributed by atoms with Crippen LogP contribution in [0.25, 0.3) is 0 Å². The fraction of sp³-hybridized carbons (Fsp3) is 0.462. The van der Waals surface area contributed by atoms with E-state index in [1.54, 1.807) is 0 Å². The molecule has 1 amide bonds. The number of amides is 1. The quantitative estimate of drug-likeness (QED) is 0.749. The standard InChI is InChI=1S/C13H17NO/c1-10(2)8-13(9-14-12(13)15)11-6-4-3-5-7-11/h3-7,10H,8-9H2,1-2H3,(H,14,15). The maximum atomic E-state index is 11.8. The predicted octanol–water partition coefficient (Wildman–Crippen LogP) is 2.10. The van der Waals surface area contributed by atoms with Gasteiger partial charge in [-0.1, -0.05) is 44.2 Å². The zero-order valence-corrected chi connectivity index (χ0v) is 9.29. The Hall–Kier alpha value is -1.31. The second-order valence-corrected chi connectivity index (χ2v) is 4.73. The highest BCUT2D eigenvalue weighted by Crippen LogP contribution is 2.35. The first-order valence-electron chi connectivity index (χ1n) is 5.49. The van der Waals surface area contributed by atoms with Gasteiger partial charge in [-0.15, -0.1) is 0 Å². The molecule has 15 heavy (non-hydrogen) atoms. The van der Waals surface area contributed by atoms with Gasteiger partial charge in [0.15, 0.2) is 0 Å². The lowest BCUT2D eigenvalue weighted by atomic mass is 9.69. The summed E-state index contributed by atoms with van der Waals surface area (Å²) >= 11 is 0. The molecule has 1 aromatic carbocycles. The fourth-order valence-electron chi connectivity index (χ4n) is 2.34. The summed E-state index contributed by atoms with van der Waals surface area (Å²) in [6.45, 7) is 5.11. The molecule has 1 aromatic rings. The number of hydrogen-bond acceptors (Lipinski definition) is 1. The molecule has 2 nitrogen and oxygen atoms in total. The summed E-state index contributed by atoms with van der Waals surface area (Å²) in [5.41, 5.74) is 0.901. The first kappa shape index (κ1) is 10.2. The highest BCUT2D eigenvalue weighted by molar-refractivity contribution is 5.94. The van der Waals surface area contributed by atoms with E-state index in [0.29, 0.717) is 5.92 Å². The van der Waals surface area contributed by atoms with Gasteiger partial charge in [0.05, 0.1) is 5.41 Å². The SMILES string of the molecule is CC(C)CC1(c2ccccc2)CNC1=O. The lowest BCUT2D eigenvalue weighted by molar-refractivity contribution is -0.134. The van der Waals surface area contributed by atoms with Crippen molar-refractivity contribution in [3.63, 3.8) is 0 Å². The van der Waals surface area contributed by atoms with Crippen LogP contribution in [0.15, 0.2) is 30.3 Å². The average Bonchev–Trinajstić information content (AvgIpc) is 2.24. The van der Waals surface area contributed by atoms with Crippen LogP contribution in [0.3, 0.4) is 0 Å². The van der Waals surface area contributed by atoms with Gasteiger partial charge in [-0.3, -0.25) is 4.79 Å². The molecule has 2 rings (SSSR count). The molecule has 1 fully saturated rings. The highest BCUT2D eigenvalue weighted by atomic mass is 16.2. The molecule has 80 valence electrons. The van der Waals surface area contributed by atoms with Gasteiger partial charge in [0, 0.05) is 6.54 Å². The van der Waals surface area contributed by atoms with Gasteiger partial charge >= 0.3 is 0 Å². The van der Waals surface area contributed by atoms with E-state index in [0.717, 1.165) is 18.5 Å². The second-order valence-electron chi connectivity index (χ2n) is 4.73. The summed E-state index contributed by atoms with van der Waals surface area (Å²) in [6, 6.07) is 10.1. The Morgan fingerprint density at radius 3 is 2.40 bits per heavy atom. The number of nitrogens with one attached hydrogen (secondary N) is 1. The molecule has 0 saturated carbocycles. The van der Waals surface area contributed by atoms with Crippen LogP contribution in [0.1, 0.15) is 25.8 Å². The van der Waals surface area contributed by atoms with E-state index in [1.165, 1.54) is 0 Å². The number of carbonyl (C=O) groups excluding carboxylic acids is 1. The van der Waals surface area contributed by atoms with Crippen molar-refractivity contribution >= 4 is 5.91 Å². The summed E-state index contributed by atoms with van der Waals surface area (Å²) in [5, 5.41) is 2.86. The molecule has 0 spiro atoms. The maximum Gasteiger partial charge on any atom is 0.232 e. The zero-order valence-electron chi connectivity index (χ0n) is 9.29. The minimum Gasteiger partial charge on any atom is -0.354 e. The number of β-lactam (4-membered cyclic amide) rings is 1. The Labute approximate surface area is 90.7 Å². The minimum atomic E-state index is -0.255. The predicted molar refractivity (Wildman–Crippen MR) is 60.6 cm³/mol. The number of hydrogen-bond donors (Lipinski definition) is 1. The van der Waals surface area contributed by atoms with Crippen LogP contribution in [0, 0.1) is 5.92 Å². The second kappa shape index (κ2) is 3.69. The molecule has 1 aliphatic rings. The molecule has 1 unspecified atom stereocenters. The topological polar surface area (TPSA) is 29.1 Å². The van der Waals surface area contributed by atoms with Crippen molar-refractivity contribution in [2.75, 3.05) is 6.54 Å². The number of benzene rings is 1. The monoisotopic (exact) mass is 203 g/mol. The van der Waals surface area contributed by atoms with Crippen molar-refractivity contribution in [3.8, 4) is 0 Å². The lowest BCUT2D eigenvalue weighted by Gasteiger charge is -2.42. The number of rotatable bonds is 3. The van der Waals surface area contributed by atoms with Crippen LogP contribution in [0.4, 0.5) is 0 Å². The third-order valence-electron chi connectivity index (χ3n) is 3.07. The Balaban J connectivity index is 2.32. The molecule has 1 heterocycles. The smallest absolute Gasteiger partial charge is 0.232 e. The van der Waals surface area contributed by atoms with E-state index in [-0.39, 0.29) is 11.3 Å². The molecular weight excluding hydrogens is 186 g/mol. The molecule has 0 radical (unpaired) electrons. The molecule has 2 heteroatoms. The van der Waals surface area contributed by atoms with Gasteiger partial charge in [0.2, 0.25) is 5.91 Å². The maximum absolute atomic E-state index is 11.8. The lowest BCUT2D eigenvalue weighted by Crippen LogP contribution is -2.62. The van der Waals surface area contributed by atoms with E-state index < -0.39 is 0 Å². The molecule has 1 saturated heterocycles. The van der Waals surface area contributed by atoms with Crippen molar-refractivity contribution in [1.82, 2.24) is 5.32 Å². The highest BCUT2D eigenvalue weighted by Gasteiger charge is 2.47. The summed E-state index contributed by atoms with van der Waals surface area (Å²) in [6.07, 6.45) is 0.933. The Bertz CT molecular complexity index is 358. The summed E-state index contributed by atoms with van der Waals surface area (Å²) in [7, 11) is 0. The van der Waals surface area contributed by atoms with Crippen LogP contribution < -0.4 is 5.32 Å². The van der Waals surface area contributed by atoms with Gasteiger partial charge in [-0.2, -0.15) is 0 Å². The zero-order chi connectivity index (χ0) is 10.9. The molecule has 1 N–H and O–H groups in total. The minimum absolute atomic E-state index is 0.183. The molecule has 0 bridgehead atoms. The van der Waals surface area contributed by atoms with E-state index >= 15 is 0 Å². The van der Waals surface area contributed by atoms with Crippen molar-refractivity contribution in [2.24, 2.45) is 5.92 Å². The van der Waals surface area contributed by atoms with Gasteiger partial charge in [0.25, 0.3) is 0 Å². The summed E-state index contributed by atoms with van der Waals surface area (Å²) in [5.74, 6) is 0.721. The van der Waals surface area contributed by atoms with Crippen LogP contribution in [0.5, 0.6) is 0 Å². The molecule has 0 aromatic heterocycles. The van der Waals surface area contributed by atoms with Crippen molar-refractivity contribution in [3.05, 3.63) is 35.9 Å². The Morgan fingerprint density at radius 1 is 1.33 bits per heavy atom. The van der Waals surface area contributed by atoms with E-state index in [9.17, 15) is 4.79 Å². The van der Waals surface area contributed by atoms with Gasteiger partial charge in [-0.25, -0.2) is 0 Å². The Kier molecular flexibility index (Phi) is 2.51. The van der Waals surface area contributed by atoms with Crippen molar-refractivity contribution < 1.29 is 4.79 Å². The van der Waals surface area contributed by atoms with Crippen LogP contribution in [-0.4, -0.2) is 12.5 Å². The van der Waals surface area contributed by atoms with Crippen LogP contribution >= 0.6 is 0 Å². The van der Waals surface area contributed by atoms with E-state index in [4.69, 9.17) is 0 Å². The largest absolute Gasteiger partial charge is 0.354 e. The first-order valence-corrected chi connectivity index (χ1v) is 5.49. The fourth-order valence-corrected chi connectivity index (χ4v) is 2.34. The number of carbonyl (C=O) groups is 1. The Morgan fingerprint density at radius 2 is 2.00 bits per heavy atom. The van der Waals surface area contributed by atoms with Crippen molar-refractivity contribution in [2.45, 2.75) is 25.7 Å². The molecule has 1 aliphatic heterocycles. The molecule has 0 aliphatic carbocycles. The van der Waals surface area contributed by atoms with Crippen LogP contribution in [-0.2, 0) is 10.2 Å².